The second-order valence-corrected chi connectivity index (χ2v) is 7.65. The van der Waals surface area contributed by atoms with E-state index in [-0.39, 0.29) is 18.5 Å². The van der Waals surface area contributed by atoms with Crippen molar-refractivity contribution in [2.24, 2.45) is 5.92 Å². The molecule has 2 amide bonds. The number of Topliss-reactive ketones (excluding diaryl/α,β-unsaturated/α-hetero) is 1. The number of aromatic nitrogens is 1. The Morgan fingerprint density at radius 2 is 1.76 bits per heavy atom. The SMILES string of the molecule is CC(C)C(=O)Nc1cccn(N(C(=O)CCc2ccccc2)[C@H](CC(=O)O)C(=O)CF)c1=O. The van der Waals surface area contributed by atoms with Gasteiger partial charge in [-0.3, -0.25) is 24.0 Å². The van der Waals surface area contributed by atoms with Gasteiger partial charge in [-0.05, 0) is 24.1 Å². The molecule has 0 fully saturated rings. The van der Waals surface area contributed by atoms with Gasteiger partial charge in [-0.1, -0.05) is 44.2 Å². The molecule has 10 heteroatoms. The molecule has 2 aromatic rings. The van der Waals surface area contributed by atoms with E-state index in [2.05, 4.69) is 5.32 Å². The quantitative estimate of drug-likeness (QED) is 0.529. The van der Waals surface area contributed by atoms with Crippen molar-refractivity contribution in [3.8, 4) is 0 Å². The third-order valence-corrected chi connectivity index (χ3v) is 4.84. The molecule has 176 valence electrons. The number of benzene rings is 1. The van der Waals surface area contributed by atoms with E-state index in [0.29, 0.717) is 5.01 Å². The second-order valence-electron chi connectivity index (χ2n) is 7.65. The largest absolute Gasteiger partial charge is 0.481 e. The summed E-state index contributed by atoms with van der Waals surface area (Å²) in [7, 11) is 0. The van der Waals surface area contributed by atoms with Crippen LogP contribution in [0.25, 0.3) is 0 Å². The molecule has 2 N–H and O–H groups in total. The van der Waals surface area contributed by atoms with Crippen LogP contribution in [0.1, 0.15) is 32.3 Å². The number of nitrogens with zero attached hydrogens (tertiary/aromatic N) is 2. The van der Waals surface area contributed by atoms with Crippen LogP contribution in [-0.4, -0.2) is 46.1 Å². The van der Waals surface area contributed by atoms with Gasteiger partial charge in [0.15, 0.2) is 5.78 Å². The van der Waals surface area contributed by atoms with Gasteiger partial charge < -0.3 is 10.4 Å². The maximum Gasteiger partial charge on any atom is 0.305 e. The molecule has 1 aromatic heterocycles. The number of carbonyl (C=O) groups is 4. The molecule has 0 aliphatic carbocycles. The fourth-order valence-electron chi connectivity index (χ4n) is 3.07. The number of aryl methyl sites for hydroxylation is 1. The van der Waals surface area contributed by atoms with Gasteiger partial charge in [0.05, 0.1) is 6.42 Å². The van der Waals surface area contributed by atoms with Crippen molar-refractivity contribution >= 4 is 29.3 Å². The van der Waals surface area contributed by atoms with Gasteiger partial charge in [0.25, 0.3) is 5.56 Å². The number of pyridine rings is 1. The number of ketones is 1. The van der Waals surface area contributed by atoms with Crippen molar-refractivity contribution in [2.75, 3.05) is 17.0 Å². The van der Waals surface area contributed by atoms with Crippen LogP contribution < -0.4 is 15.9 Å². The number of nitrogens with one attached hydrogen (secondary N) is 1. The van der Waals surface area contributed by atoms with Gasteiger partial charge in [-0.15, -0.1) is 0 Å². The Balaban J connectivity index is 2.50. The zero-order chi connectivity index (χ0) is 24.5. The second kappa shape index (κ2) is 11.7. The van der Waals surface area contributed by atoms with Crippen molar-refractivity contribution in [1.29, 1.82) is 0 Å². The van der Waals surface area contributed by atoms with Crippen LogP contribution in [0.2, 0.25) is 0 Å². The Morgan fingerprint density at radius 3 is 2.33 bits per heavy atom. The molecule has 2 rings (SSSR count). The molecule has 9 nitrogen and oxygen atoms in total. The number of carboxylic acids is 1. The monoisotopic (exact) mass is 459 g/mol. The first-order valence-corrected chi connectivity index (χ1v) is 10.3. The normalized spacial score (nSPS) is 11.6. The third-order valence-electron chi connectivity index (χ3n) is 4.84. The number of alkyl halides is 1. The Hall–Kier alpha value is -3.82. The molecule has 0 aliphatic rings. The van der Waals surface area contributed by atoms with Gasteiger partial charge in [-0.25, -0.2) is 14.1 Å². The summed E-state index contributed by atoms with van der Waals surface area (Å²) in [5, 5.41) is 12.4. The molecule has 0 spiro atoms. The Morgan fingerprint density at radius 1 is 1.09 bits per heavy atom. The van der Waals surface area contributed by atoms with E-state index in [4.69, 9.17) is 0 Å². The van der Waals surface area contributed by atoms with Gasteiger partial charge in [0, 0.05) is 18.5 Å². The van der Waals surface area contributed by atoms with Crippen LogP contribution in [-0.2, 0) is 25.6 Å². The van der Waals surface area contributed by atoms with Crippen molar-refractivity contribution < 1.29 is 28.7 Å². The lowest BCUT2D eigenvalue weighted by atomic mass is 10.1. The summed E-state index contributed by atoms with van der Waals surface area (Å²) in [5.74, 6) is -4.24. The summed E-state index contributed by atoms with van der Waals surface area (Å²) in [6.45, 7) is 1.73. The molecule has 0 radical (unpaired) electrons. The number of hydrogen-bond acceptors (Lipinski definition) is 5. The number of aliphatic carboxylic acids is 1. The van der Waals surface area contributed by atoms with E-state index < -0.39 is 54.2 Å². The molecule has 0 saturated carbocycles. The van der Waals surface area contributed by atoms with Crippen LogP contribution in [0.15, 0.2) is 53.5 Å². The van der Waals surface area contributed by atoms with Gasteiger partial charge in [-0.2, -0.15) is 0 Å². The zero-order valence-electron chi connectivity index (χ0n) is 18.4. The van der Waals surface area contributed by atoms with E-state index in [1.807, 2.05) is 0 Å². The summed E-state index contributed by atoms with van der Waals surface area (Å²) in [5.41, 5.74) is -0.219. The van der Waals surface area contributed by atoms with E-state index in [1.54, 1.807) is 44.2 Å². The Bertz CT molecular complexity index is 1070. The molecule has 1 heterocycles. The molecule has 0 bridgehead atoms. The molecular weight excluding hydrogens is 433 g/mol. The molecule has 1 aromatic carbocycles. The summed E-state index contributed by atoms with van der Waals surface area (Å²) in [6, 6.07) is 9.86. The van der Waals surface area contributed by atoms with Crippen LogP contribution in [0, 0.1) is 5.92 Å². The molecule has 33 heavy (non-hydrogen) atoms. The topological polar surface area (TPSA) is 126 Å². The highest BCUT2D eigenvalue weighted by Gasteiger charge is 2.34. The van der Waals surface area contributed by atoms with E-state index in [1.165, 1.54) is 12.1 Å². The molecule has 0 unspecified atom stereocenters. The fourth-order valence-corrected chi connectivity index (χ4v) is 3.07. The maximum atomic E-state index is 13.3. The van der Waals surface area contributed by atoms with Crippen molar-refractivity contribution in [3.63, 3.8) is 0 Å². The highest BCUT2D eigenvalue weighted by molar-refractivity contribution is 5.98. The minimum atomic E-state index is -1.75. The first kappa shape index (κ1) is 25.4. The Kier molecular flexibility index (Phi) is 9.02. The standard InChI is InChI=1S/C23H26FN3O6/c1-15(2)22(32)25-17-9-6-12-26(23(17)33)27(18(13-21(30)31)19(28)14-24)20(29)11-10-16-7-4-3-5-8-16/h3-9,12,15,18H,10-11,13-14H2,1-2H3,(H,25,32)(H,30,31)/t18-/m1/s1. The third kappa shape index (κ3) is 6.83. The van der Waals surface area contributed by atoms with Gasteiger partial charge >= 0.3 is 5.97 Å². The molecular formula is C23H26FN3O6. The molecule has 0 saturated heterocycles. The van der Waals surface area contributed by atoms with Crippen LogP contribution >= 0.6 is 0 Å². The zero-order valence-corrected chi connectivity index (χ0v) is 18.4. The average Bonchev–Trinajstić information content (AvgIpc) is 2.79. The number of anilines is 1. The summed E-state index contributed by atoms with van der Waals surface area (Å²) in [6.07, 6.45) is 0.343. The van der Waals surface area contributed by atoms with E-state index in [9.17, 15) is 33.5 Å². The van der Waals surface area contributed by atoms with Gasteiger partial charge in [0.2, 0.25) is 11.8 Å². The van der Waals surface area contributed by atoms with E-state index in [0.717, 1.165) is 16.4 Å². The number of carbonyl (C=O) groups excluding carboxylic acids is 3. The Labute approximate surface area is 189 Å². The summed E-state index contributed by atoms with van der Waals surface area (Å²) >= 11 is 0. The smallest absolute Gasteiger partial charge is 0.305 e. The number of carboxylic acid groups (broad SMARTS) is 1. The van der Waals surface area contributed by atoms with Crippen molar-refractivity contribution in [2.45, 2.75) is 39.2 Å². The van der Waals surface area contributed by atoms with Crippen molar-refractivity contribution in [3.05, 3.63) is 64.6 Å². The number of halogens is 1. The lowest BCUT2D eigenvalue weighted by Gasteiger charge is -2.31. The maximum absolute atomic E-state index is 13.3. The number of rotatable bonds is 11. The highest BCUT2D eigenvalue weighted by atomic mass is 19.1. The van der Waals surface area contributed by atoms with Crippen LogP contribution in [0.4, 0.5) is 10.1 Å². The first-order chi connectivity index (χ1) is 15.6. The minimum absolute atomic E-state index is 0.168. The fraction of sp³-hybridized carbons (Fsp3) is 0.348. The average molecular weight is 459 g/mol. The minimum Gasteiger partial charge on any atom is -0.481 e. The molecule has 1 atom stereocenters. The lowest BCUT2D eigenvalue weighted by Crippen LogP contribution is -2.56. The number of amides is 2. The van der Waals surface area contributed by atoms with Crippen LogP contribution in [0.3, 0.4) is 0 Å². The van der Waals surface area contributed by atoms with Gasteiger partial charge in [0.1, 0.15) is 18.4 Å². The predicted octanol–water partition coefficient (Wildman–Crippen LogP) is 1.92. The summed E-state index contributed by atoms with van der Waals surface area (Å²) in [4.78, 5) is 61.9. The summed E-state index contributed by atoms with van der Waals surface area (Å²) < 4.78 is 14.0. The molecule has 0 aliphatic heterocycles. The van der Waals surface area contributed by atoms with Crippen molar-refractivity contribution in [1.82, 2.24) is 4.68 Å². The van der Waals surface area contributed by atoms with E-state index >= 15 is 0 Å². The predicted molar refractivity (Wildman–Crippen MR) is 119 cm³/mol. The number of hydrogen-bond donors (Lipinski definition) is 2. The highest BCUT2D eigenvalue weighted by Crippen LogP contribution is 2.12. The lowest BCUT2D eigenvalue weighted by molar-refractivity contribution is -0.140. The van der Waals surface area contributed by atoms with Crippen LogP contribution in [0.5, 0.6) is 0 Å². The first-order valence-electron chi connectivity index (χ1n) is 10.3.